The zero-order chi connectivity index (χ0) is 17.9. The highest BCUT2D eigenvalue weighted by atomic mass is 35.5. The van der Waals surface area contributed by atoms with E-state index in [9.17, 15) is 4.79 Å². The smallest absolute Gasteiger partial charge is 0.196 e. The molecule has 0 fully saturated rings. The van der Waals surface area contributed by atoms with E-state index in [0.717, 1.165) is 11.3 Å². The summed E-state index contributed by atoms with van der Waals surface area (Å²) in [6, 6.07) is 26.3. The molecule has 0 saturated heterocycles. The van der Waals surface area contributed by atoms with Crippen LogP contribution in [0.2, 0.25) is 5.02 Å². The predicted molar refractivity (Wildman–Crippen MR) is 104 cm³/mol. The third-order valence-corrected chi connectivity index (χ3v) is 4.39. The van der Waals surface area contributed by atoms with Crippen LogP contribution in [0.3, 0.4) is 0 Å². The number of benzene rings is 3. The SMILES string of the molecule is O=C(c1ccccc1)c1cn(-c2ccc(Cl)cc2)nc1-c1ccccc1. The van der Waals surface area contributed by atoms with Crippen molar-refractivity contribution in [2.45, 2.75) is 0 Å². The number of halogens is 1. The van der Waals surface area contributed by atoms with Gasteiger partial charge in [0.2, 0.25) is 0 Å². The zero-order valence-corrected chi connectivity index (χ0v) is 14.6. The maximum atomic E-state index is 13.1. The molecule has 4 heteroatoms. The first-order valence-electron chi connectivity index (χ1n) is 8.23. The summed E-state index contributed by atoms with van der Waals surface area (Å²) in [6.45, 7) is 0. The number of hydrogen-bond donors (Lipinski definition) is 0. The van der Waals surface area contributed by atoms with E-state index >= 15 is 0 Å². The van der Waals surface area contributed by atoms with Crippen molar-refractivity contribution >= 4 is 17.4 Å². The molecule has 0 saturated carbocycles. The number of carbonyl (C=O) groups is 1. The fraction of sp³-hybridized carbons (Fsp3) is 0. The van der Waals surface area contributed by atoms with Crippen LogP contribution in [0, 0.1) is 0 Å². The number of hydrogen-bond acceptors (Lipinski definition) is 2. The van der Waals surface area contributed by atoms with Crippen LogP contribution in [0.4, 0.5) is 0 Å². The van der Waals surface area contributed by atoms with Crippen LogP contribution in [-0.2, 0) is 0 Å². The molecule has 0 amide bonds. The summed E-state index contributed by atoms with van der Waals surface area (Å²) >= 11 is 5.98. The summed E-state index contributed by atoms with van der Waals surface area (Å²) in [7, 11) is 0. The van der Waals surface area contributed by atoms with Crippen LogP contribution in [0.5, 0.6) is 0 Å². The standard InChI is InChI=1S/C22H15ClN2O/c23-18-11-13-19(14-12-18)25-15-20(22(26)17-9-5-2-6-10-17)21(24-25)16-7-3-1-4-8-16/h1-15H. The average Bonchev–Trinajstić information content (AvgIpc) is 3.15. The highest BCUT2D eigenvalue weighted by Gasteiger charge is 2.19. The molecule has 1 aromatic heterocycles. The minimum absolute atomic E-state index is 0.0512. The fourth-order valence-corrected chi connectivity index (χ4v) is 2.95. The molecular formula is C22H15ClN2O. The van der Waals surface area contributed by atoms with Gasteiger partial charge in [0.15, 0.2) is 5.78 Å². The molecule has 4 rings (SSSR count). The molecule has 1 heterocycles. The first-order valence-corrected chi connectivity index (χ1v) is 8.61. The lowest BCUT2D eigenvalue weighted by molar-refractivity contribution is 0.103. The van der Waals surface area contributed by atoms with Gasteiger partial charge in [0.1, 0.15) is 5.69 Å². The minimum atomic E-state index is -0.0512. The Morgan fingerprint density at radius 1 is 0.808 bits per heavy atom. The van der Waals surface area contributed by atoms with E-state index in [1.165, 1.54) is 0 Å². The Balaban J connectivity index is 1.86. The highest BCUT2D eigenvalue weighted by Crippen LogP contribution is 2.26. The molecule has 0 aliphatic rings. The summed E-state index contributed by atoms with van der Waals surface area (Å²) in [4.78, 5) is 13.1. The van der Waals surface area contributed by atoms with Gasteiger partial charge in [-0.2, -0.15) is 5.10 Å². The van der Waals surface area contributed by atoms with Crippen molar-refractivity contribution in [1.29, 1.82) is 0 Å². The molecule has 3 aromatic carbocycles. The molecule has 0 bridgehead atoms. The topological polar surface area (TPSA) is 34.9 Å². The largest absolute Gasteiger partial charge is 0.288 e. The highest BCUT2D eigenvalue weighted by molar-refractivity contribution is 6.30. The molecule has 0 atom stereocenters. The Hall–Kier alpha value is -3.17. The lowest BCUT2D eigenvalue weighted by Crippen LogP contribution is -2.01. The van der Waals surface area contributed by atoms with E-state index in [-0.39, 0.29) is 5.78 Å². The second-order valence-corrected chi connectivity index (χ2v) is 6.31. The van der Waals surface area contributed by atoms with Gasteiger partial charge < -0.3 is 0 Å². The minimum Gasteiger partial charge on any atom is -0.288 e. The average molecular weight is 359 g/mol. The van der Waals surface area contributed by atoms with Gasteiger partial charge in [-0.25, -0.2) is 4.68 Å². The Labute approximate surface area is 156 Å². The monoisotopic (exact) mass is 358 g/mol. The van der Waals surface area contributed by atoms with E-state index in [0.29, 0.717) is 21.8 Å². The number of rotatable bonds is 4. The van der Waals surface area contributed by atoms with Crippen LogP contribution in [-0.4, -0.2) is 15.6 Å². The van der Waals surface area contributed by atoms with Gasteiger partial charge in [0.25, 0.3) is 0 Å². The van der Waals surface area contributed by atoms with E-state index in [1.807, 2.05) is 72.8 Å². The molecule has 0 radical (unpaired) electrons. The van der Waals surface area contributed by atoms with Crippen LogP contribution >= 0.6 is 11.6 Å². The Morgan fingerprint density at radius 3 is 2.08 bits per heavy atom. The van der Waals surface area contributed by atoms with E-state index < -0.39 is 0 Å². The molecule has 0 aliphatic heterocycles. The van der Waals surface area contributed by atoms with Gasteiger partial charge in [-0.15, -0.1) is 0 Å². The number of ketones is 1. The quantitative estimate of drug-likeness (QED) is 0.456. The third-order valence-electron chi connectivity index (χ3n) is 4.13. The van der Waals surface area contributed by atoms with Crippen LogP contribution in [0.15, 0.2) is 91.1 Å². The molecule has 0 N–H and O–H groups in total. The first kappa shape index (κ1) is 16.3. The summed E-state index contributed by atoms with van der Waals surface area (Å²) in [5, 5.41) is 5.34. The van der Waals surface area contributed by atoms with Crippen molar-refractivity contribution in [1.82, 2.24) is 9.78 Å². The normalized spacial score (nSPS) is 10.7. The molecule has 26 heavy (non-hydrogen) atoms. The fourth-order valence-electron chi connectivity index (χ4n) is 2.82. The van der Waals surface area contributed by atoms with Gasteiger partial charge in [-0.05, 0) is 24.3 Å². The second-order valence-electron chi connectivity index (χ2n) is 5.87. The van der Waals surface area contributed by atoms with Crippen molar-refractivity contribution in [3.8, 4) is 16.9 Å². The van der Waals surface area contributed by atoms with Gasteiger partial charge in [-0.3, -0.25) is 4.79 Å². The Kier molecular flexibility index (Phi) is 4.38. The van der Waals surface area contributed by atoms with Crippen molar-refractivity contribution in [2.75, 3.05) is 0 Å². The van der Waals surface area contributed by atoms with Crippen molar-refractivity contribution < 1.29 is 4.79 Å². The van der Waals surface area contributed by atoms with Crippen LogP contribution in [0.1, 0.15) is 15.9 Å². The number of carbonyl (C=O) groups excluding carboxylic acids is 1. The van der Waals surface area contributed by atoms with Crippen molar-refractivity contribution in [3.05, 3.63) is 107 Å². The molecular weight excluding hydrogens is 344 g/mol. The lowest BCUT2D eigenvalue weighted by atomic mass is 10.0. The Morgan fingerprint density at radius 2 is 1.42 bits per heavy atom. The summed E-state index contributed by atoms with van der Waals surface area (Å²) < 4.78 is 1.72. The van der Waals surface area contributed by atoms with Gasteiger partial charge in [0.05, 0.1) is 11.3 Å². The van der Waals surface area contributed by atoms with Crippen molar-refractivity contribution in [3.63, 3.8) is 0 Å². The Bertz CT molecular complexity index is 1040. The molecule has 3 nitrogen and oxygen atoms in total. The summed E-state index contributed by atoms with van der Waals surface area (Å²) in [5.74, 6) is -0.0512. The van der Waals surface area contributed by atoms with Gasteiger partial charge in [-0.1, -0.05) is 72.3 Å². The maximum Gasteiger partial charge on any atom is 0.196 e. The van der Waals surface area contributed by atoms with Gasteiger partial charge in [0, 0.05) is 22.3 Å². The van der Waals surface area contributed by atoms with Crippen LogP contribution < -0.4 is 0 Å². The molecule has 0 spiro atoms. The second kappa shape index (κ2) is 6.98. The summed E-state index contributed by atoms with van der Waals surface area (Å²) in [5.41, 5.74) is 3.62. The predicted octanol–water partition coefficient (Wildman–Crippen LogP) is 5.42. The molecule has 4 aromatic rings. The van der Waals surface area contributed by atoms with Gasteiger partial charge >= 0.3 is 0 Å². The molecule has 0 aliphatic carbocycles. The van der Waals surface area contributed by atoms with E-state index in [1.54, 1.807) is 23.0 Å². The third kappa shape index (κ3) is 3.17. The first-order chi connectivity index (χ1) is 12.7. The number of nitrogens with zero attached hydrogens (tertiary/aromatic N) is 2. The maximum absolute atomic E-state index is 13.1. The summed E-state index contributed by atoms with van der Waals surface area (Å²) in [6.07, 6.45) is 1.78. The lowest BCUT2D eigenvalue weighted by Gasteiger charge is -2.02. The van der Waals surface area contributed by atoms with E-state index in [2.05, 4.69) is 5.10 Å². The van der Waals surface area contributed by atoms with E-state index in [4.69, 9.17) is 11.6 Å². The number of aromatic nitrogens is 2. The molecule has 0 unspecified atom stereocenters. The molecule has 126 valence electrons. The zero-order valence-electron chi connectivity index (χ0n) is 13.8. The van der Waals surface area contributed by atoms with Crippen molar-refractivity contribution in [2.24, 2.45) is 0 Å². The van der Waals surface area contributed by atoms with Crippen LogP contribution in [0.25, 0.3) is 16.9 Å².